The minimum absolute atomic E-state index is 0.343. The van der Waals surface area contributed by atoms with E-state index in [1.54, 1.807) is 4.31 Å². The Morgan fingerprint density at radius 2 is 1.14 bits per heavy atom. The van der Waals surface area contributed by atoms with Crippen LogP contribution in [0.15, 0.2) is 115 Å². The number of nitrogens with zero attached hydrogens (tertiary/aromatic N) is 2. The Labute approximate surface area is 208 Å². The van der Waals surface area contributed by atoms with Gasteiger partial charge in [0.25, 0.3) is 0 Å². The largest absolute Gasteiger partial charge is 0.293 e. The summed E-state index contributed by atoms with van der Waals surface area (Å²) in [5, 5.41) is -0.622. The van der Waals surface area contributed by atoms with E-state index < -0.39 is 15.3 Å². The molecule has 0 amide bonds. The van der Waals surface area contributed by atoms with Crippen LogP contribution in [0.4, 0.5) is 0 Å². The zero-order valence-corrected chi connectivity index (χ0v) is 20.5. The highest BCUT2D eigenvalue weighted by Gasteiger charge is 2.38. The van der Waals surface area contributed by atoms with Gasteiger partial charge in [0.15, 0.2) is 0 Å². The molecule has 1 aliphatic heterocycles. The molecule has 0 radical (unpaired) electrons. The highest BCUT2D eigenvalue weighted by molar-refractivity contribution is 7.89. The lowest BCUT2D eigenvalue weighted by Crippen LogP contribution is -2.42. The van der Waals surface area contributed by atoms with E-state index in [1.165, 1.54) is 5.56 Å². The maximum atomic E-state index is 14.4. The van der Waals surface area contributed by atoms with Crippen LogP contribution in [0.2, 0.25) is 0 Å². The number of sulfonamides is 1. The van der Waals surface area contributed by atoms with Gasteiger partial charge in [-0.3, -0.25) is 4.90 Å². The van der Waals surface area contributed by atoms with Crippen LogP contribution >= 0.6 is 0 Å². The second-order valence-corrected chi connectivity index (χ2v) is 11.2. The third-order valence-corrected chi connectivity index (χ3v) is 8.69. The Bertz CT molecular complexity index is 1300. The first-order valence-electron chi connectivity index (χ1n) is 12.0. The zero-order chi connectivity index (χ0) is 24.1. The first kappa shape index (κ1) is 23.5. The molecule has 0 bridgehead atoms. The summed E-state index contributed by atoms with van der Waals surface area (Å²) in [5.74, 6) is 0. The molecular weight excluding hydrogens is 452 g/mol. The summed E-state index contributed by atoms with van der Waals surface area (Å²) in [5.41, 5.74) is 5.16. The number of hydrogen-bond donors (Lipinski definition) is 0. The average Bonchev–Trinajstić information content (AvgIpc) is 2.89. The quantitative estimate of drug-likeness (QED) is 0.320. The SMILES string of the molecule is O=S(=O)(C1CN(Cc2ccccc2)Cc2ccccc21)N(Cc1ccccc1)Cc1ccccc1. The molecular formula is C30H30N2O2S. The standard InChI is InChI=1S/C30H30N2O2S/c33-35(34,32(21-26-14-6-2-7-15-26)22-27-16-8-3-9-17-27)30-24-31(20-25-12-4-1-5-13-25)23-28-18-10-11-19-29(28)30/h1-19,30H,20-24H2. The van der Waals surface area contributed by atoms with Gasteiger partial charge in [0.05, 0.1) is 0 Å². The Balaban J connectivity index is 1.50. The van der Waals surface area contributed by atoms with Crippen LogP contribution in [-0.2, 0) is 36.2 Å². The Hall–Kier alpha value is -3.25. The molecule has 4 aromatic carbocycles. The van der Waals surface area contributed by atoms with Crippen molar-refractivity contribution >= 4 is 10.0 Å². The van der Waals surface area contributed by atoms with Crippen LogP contribution in [0, 0.1) is 0 Å². The van der Waals surface area contributed by atoms with Gasteiger partial charge in [-0.05, 0) is 27.8 Å². The minimum atomic E-state index is -3.67. The third kappa shape index (κ3) is 5.54. The van der Waals surface area contributed by atoms with Crippen LogP contribution in [-0.4, -0.2) is 24.2 Å². The zero-order valence-electron chi connectivity index (χ0n) is 19.7. The first-order chi connectivity index (χ1) is 17.1. The molecule has 1 atom stereocenters. The summed E-state index contributed by atoms with van der Waals surface area (Å²) in [6, 6.07) is 38.0. The lowest BCUT2D eigenvalue weighted by atomic mass is 9.99. The molecule has 4 nitrogen and oxygen atoms in total. The van der Waals surface area contributed by atoms with Gasteiger partial charge in [0.1, 0.15) is 5.25 Å². The summed E-state index contributed by atoms with van der Waals surface area (Å²) >= 11 is 0. The molecule has 178 valence electrons. The molecule has 1 heterocycles. The molecule has 5 rings (SSSR count). The summed E-state index contributed by atoms with van der Waals surface area (Å²) in [6.07, 6.45) is 0. The van der Waals surface area contributed by atoms with Crippen molar-refractivity contribution in [2.45, 2.75) is 31.4 Å². The van der Waals surface area contributed by atoms with E-state index in [9.17, 15) is 8.42 Å². The molecule has 0 N–H and O–H groups in total. The predicted molar refractivity (Wildman–Crippen MR) is 141 cm³/mol. The van der Waals surface area contributed by atoms with E-state index in [4.69, 9.17) is 0 Å². The van der Waals surface area contributed by atoms with Crippen molar-refractivity contribution in [3.8, 4) is 0 Å². The first-order valence-corrected chi connectivity index (χ1v) is 13.5. The summed E-state index contributed by atoms with van der Waals surface area (Å²) in [7, 11) is -3.67. The van der Waals surface area contributed by atoms with Crippen molar-refractivity contribution in [2.75, 3.05) is 6.54 Å². The van der Waals surface area contributed by atoms with Gasteiger partial charge >= 0.3 is 0 Å². The molecule has 5 heteroatoms. The van der Waals surface area contributed by atoms with E-state index in [2.05, 4.69) is 23.1 Å². The van der Waals surface area contributed by atoms with Gasteiger partial charge in [-0.15, -0.1) is 0 Å². The van der Waals surface area contributed by atoms with E-state index in [0.717, 1.165) is 35.3 Å². The van der Waals surface area contributed by atoms with Gasteiger partial charge in [-0.1, -0.05) is 115 Å². The summed E-state index contributed by atoms with van der Waals surface area (Å²) in [6.45, 7) is 2.62. The molecule has 0 saturated heterocycles. The van der Waals surface area contributed by atoms with E-state index in [1.807, 2.05) is 97.1 Å². The number of fused-ring (bicyclic) bond motifs is 1. The molecule has 0 fully saturated rings. The number of rotatable bonds is 8. The van der Waals surface area contributed by atoms with Crippen LogP contribution in [0.1, 0.15) is 33.1 Å². The fraction of sp³-hybridized carbons (Fsp3) is 0.200. The summed E-state index contributed by atoms with van der Waals surface area (Å²) in [4.78, 5) is 2.25. The van der Waals surface area contributed by atoms with Crippen LogP contribution in [0.25, 0.3) is 0 Å². The van der Waals surface area contributed by atoms with Crippen molar-refractivity contribution in [3.63, 3.8) is 0 Å². The molecule has 1 aliphatic rings. The summed E-state index contributed by atoms with van der Waals surface area (Å²) < 4.78 is 30.4. The molecule has 1 unspecified atom stereocenters. The van der Waals surface area contributed by atoms with Crippen molar-refractivity contribution in [1.29, 1.82) is 0 Å². The molecule has 0 saturated carbocycles. The Kier molecular flexibility index (Phi) is 7.09. The van der Waals surface area contributed by atoms with Crippen molar-refractivity contribution < 1.29 is 8.42 Å². The van der Waals surface area contributed by atoms with Crippen molar-refractivity contribution in [2.24, 2.45) is 0 Å². The molecule has 0 aliphatic carbocycles. The monoisotopic (exact) mass is 482 g/mol. The van der Waals surface area contributed by atoms with Gasteiger partial charge < -0.3 is 0 Å². The molecule has 0 spiro atoms. The van der Waals surface area contributed by atoms with Gasteiger partial charge in [0.2, 0.25) is 10.0 Å². The van der Waals surface area contributed by atoms with Crippen LogP contribution < -0.4 is 0 Å². The van der Waals surface area contributed by atoms with Gasteiger partial charge in [-0.2, -0.15) is 4.31 Å². The maximum absolute atomic E-state index is 14.4. The number of hydrogen-bond acceptors (Lipinski definition) is 3. The molecule has 35 heavy (non-hydrogen) atoms. The lowest BCUT2D eigenvalue weighted by Gasteiger charge is -2.37. The van der Waals surface area contributed by atoms with Crippen LogP contribution in [0.3, 0.4) is 0 Å². The normalized spacial score (nSPS) is 16.2. The Morgan fingerprint density at radius 1 is 0.657 bits per heavy atom. The van der Waals surface area contributed by atoms with Crippen LogP contribution in [0.5, 0.6) is 0 Å². The minimum Gasteiger partial charge on any atom is -0.293 e. The fourth-order valence-corrected chi connectivity index (χ4v) is 6.81. The van der Waals surface area contributed by atoms with E-state index in [0.29, 0.717) is 19.6 Å². The third-order valence-electron chi connectivity index (χ3n) is 6.59. The molecule has 0 aromatic heterocycles. The maximum Gasteiger partial charge on any atom is 0.223 e. The molecule has 4 aromatic rings. The average molecular weight is 483 g/mol. The lowest BCUT2D eigenvalue weighted by molar-refractivity contribution is 0.236. The highest BCUT2D eigenvalue weighted by atomic mass is 32.2. The van der Waals surface area contributed by atoms with E-state index in [-0.39, 0.29) is 0 Å². The van der Waals surface area contributed by atoms with Gasteiger partial charge in [-0.25, -0.2) is 8.42 Å². The topological polar surface area (TPSA) is 40.6 Å². The second-order valence-electron chi connectivity index (χ2n) is 9.13. The highest BCUT2D eigenvalue weighted by Crippen LogP contribution is 2.36. The second kappa shape index (κ2) is 10.6. The van der Waals surface area contributed by atoms with E-state index >= 15 is 0 Å². The predicted octanol–water partition coefficient (Wildman–Crippen LogP) is 5.78. The Morgan fingerprint density at radius 3 is 1.71 bits per heavy atom. The fourth-order valence-electron chi connectivity index (χ4n) is 4.84. The van der Waals surface area contributed by atoms with Crippen molar-refractivity contribution in [1.82, 2.24) is 9.21 Å². The van der Waals surface area contributed by atoms with Gasteiger partial charge in [0, 0.05) is 32.7 Å². The van der Waals surface area contributed by atoms with Crippen molar-refractivity contribution in [3.05, 3.63) is 143 Å². The number of benzene rings is 4. The smallest absolute Gasteiger partial charge is 0.223 e.